The smallest absolute Gasteiger partial charge is 0.313 e. The van der Waals surface area contributed by atoms with Crippen molar-refractivity contribution in [3.63, 3.8) is 0 Å². The predicted molar refractivity (Wildman–Crippen MR) is 83.5 cm³/mol. The Balaban J connectivity index is 2.87. The van der Waals surface area contributed by atoms with Gasteiger partial charge in [-0.25, -0.2) is 8.42 Å². The average molecular weight is 334 g/mol. The topological polar surface area (TPSA) is 89.3 Å². The molecule has 0 atom stereocenters. The number of hydrogen-bond acceptors (Lipinski definition) is 5. The molecule has 0 radical (unpaired) electrons. The number of carbonyl (C=O) groups is 1. The molecular weight excluding hydrogens is 312 g/mol. The first-order valence-electron chi connectivity index (χ1n) is 6.85. The van der Waals surface area contributed by atoms with Crippen LogP contribution in [0.1, 0.15) is 26.5 Å². The zero-order valence-corrected chi connectivity index (χ0v) is 14.2. The van der Waals surface area contributed by atoms with Crippen LogP contribution in [-0.4, -0.2) is 46.5 Å². The van der Waals surface area contributed by atoms with Crippen LogP contribution >= 0.6 is 11.8 Å². The molecular formula is C13H22N2O4S2. The van der Waals surface area contributed by atoms with Crippen LogP contribution in [0.25, 0.3) is 0 Å². The summed E-state index contributed by atoms with van der Waals surface area (Å²) in [6, 6.07) is 1.85. The van der Waals surface area contributed by atoms with Crippen molar-refractivity contribution < 1.29 is 18.3 Å². The zero-order chi connectivity index (χ0) is 16.0. The van der Waals surface area contributed by atoms with Gasteiger partial charge >= 0.3 is 5.97 Å². The number of carboxylic acid groups (broad SMARTS) is 1. The molecule has 120 valence electrons. The molecule has 1 aromatic rings. The first-order chi connectivity index (χ1) is 9.73. The molecule has 0 aliphatic rings. The van der Waals surface area contributed by atoms with E-state index in [1.54, 1.807) is 11.6 Å². The van der Waals surface area contributed by atoms with Gasteiger partial charge in [-0.05, 0) is 18.4 Å². The van der Waals surface area contributed by atoms with Gasteiger partial charge < -0.3 is 5.11 Å². The normalized spacial score (nSPS) is 12.0. The van der Waals surface area contributed by atoms with Gasteiger partial charge in [0.1, 0.15) is 0 Å². The van der Waals surface area contributed by atoms with Crippen LogP contribution in [0.15, 0.2) is 11.1 Å². The fraction of sp³-hybridized carbons (Fsp3) is 0.692. The summed E-state index contributed by atoms with van der Waals surface area (Å²) in [6.07, 6.45) is 0.786. The third kappa shape index (κ3) is 6.52. The molecule has 0 aromatic carbocycles. The largest absolute Gasteiger partial charge is 0.481 e. The number of rotatable bonds is 9. The number of thioether (sulfide) groups is 1. The Morgan fingerprint density at radius 1 is 1.48 bits per heavy atom. The van der Waals surface area contributed by atoms with Gasteiger partial charge in [0.05, 0.1) is 28.8 Å². The van der Waals surface area contributed by atoms with Crippen LogP contribution in [0.5, 0.6) is 0 Å². The maximum Gasteiger partial charge on any atom is 0.313 e. The lowest BCUT2D eigenvalue weighted by Crippen LogP contribution is -2.16. The number of aryl methyl sites for hydroxylation is 1. The highest BCUT2D eigenvalue weighted by Crippen LogP contribution is 2.21. The summed E-state index contributed by atoms with van der Waals surface area (Å²) in [5.74, 6) is -0.408. The first kappa shape index (κ1) is 18.0. The van der Waals surface area contributed by atoms with E-state index in [9.17, 15) is 13.2 Å². The standard InChI is InChI=1S/C13H22N2O4S2/c1-4-21(18,19)6-5-15-12(20-9-13(16)17)8-11(14-15)7-10(2)3/h8,10H,4-7,9H2,1-3H3,(H,16,17). The van der Waals surface area contributed by atoms with E-state index in [0.717, 1.165) is 12.1 Å². The second kappa shape index (κ2) is 7.84. The Morgan fingerprint density at radius 2 is 2.14 bits per heavy atom. The van der Waals surface area contributed by atoms with Crippen LogP contribution < -0.4 is 0 Å². The predicted octanol–water partition coefficient (Wildman–Crippen LogP) is 1.69. The van der Waals surface area contributed by atoms with E-state index in [2.05, 4.69) is 18.9 Å². The van der Waals surface area contributed by atoms with Gasteiger partial charge in [0, 0.05) is 5.75 Å². The number of hydrogen-bond donors (Lipinski definition) is 1. The van der Waals surface area contributed by atoms with Crippen LogP contribution in [0, 0.1) is 5.92 Å². The van der Waals surface area contributed by atoms with Gasteiger partial charge in [-0.1, -0.05) is 32.5 Å². The minimum Gasteiger partial charge on any atom is -0.481 e. The van der Waals surface area contributed by atoms with Crippen LogP contribution in [0.3, 0.4) is 0 Å². The molecule has 1 rings (SSSR count). The van der Waals surface area contributed by atoms with Crippen molar-refractivity contribution in [2.45, 2.75) is 38.8 Å². The van der Waals surface area contributed by atoms with Crippen molar-refractivity contribution in [2.24, 2.45) is 5.92 Å². The summed E-state index contributed by atoms with van der Waals surface area (Å²) in [5, 5.41) is 13.9. The molecule has 0 aliphatic carbocycles. The van der Waals surface area contributed by atoms with E-state index in [0.29, 0.717) is 10.9 Å². The van der Waals surface area contributed by atoms with Crippen LogP contribution in [0.2, 0.25) is 0 Å². The molecule has 1 N–H and O–H groups in total. The molecule has 0 fully saturated rings. The summed E-state index contributed by atoms with van der Waals surface area (Å²) < 4.78 is 24.8. The van der Waals surface area contributed by atoms with Crippen molar-refractivity contribution in [3.05, 3.63) is 11.8 Å². The van der Waals surface area contributed by atoms with Gasteiger partial charge in [0.15, 0.2) is 9.84 Å². The summed E-state index contributed by atoms with van der Waals surface area (Å²) in [7, 11) is -3.07. The van der Waals surface area contributed by atoms with Crippen molar-refractivity contribution in [1.82, 2.24) is 9.78 Å². The lowest BCUT2D eigenvalue weighted by atomic mass is 10.1. The average Bonchev–Trinajstić information content (AvgIpc) is 2.75. The van der Waals surface area contributed by atoms with E-state index < -0.39 is 15.8 Å². The number of aromatic nitrogens is 2. The summed E-state index contributed by atoms with van der Waals surface area (Å²) >= 11 is 1.17. The maximum absolute atomic E-state index is 11.6. The lowest BCUT2D eigenvalue weighted by Gasteiger charge is -2.06. The fourth-order valence-electron chi connectivity index (χ4n) is 1.75. The minimum absolute atomic E-state index is 0.0208. The van der Waals surface area contributed by atoms with Gasteiger partial charge in [-0.3, -0.25) is 9.48 Å². The molecule has 0 saturated carbocycles. The Bertz CT molecular complexity index is 579. The van der Waals surface area contributed by atoms with E-state index in [4.69, 9.17) is 5.11 Å². The lowest BCUT2D eigenvalue weighted by molar-refractivity contribution is -0.133. The van der Waals surface area contributed by atoms with E-state index in [1.165, 1.54) is 11.8 Å². The highest BCUT2D eigenvalue weighted by Gasteiger charge is 2.14. The Kier molecular flexibility index (Phi) is 6.73. The second-order valence-electron chi connectivity index (χ2n) is 5.21. The molecule has 0 spiro atoms. The van der Waals surface area contributed by atoms with Crippen LogP contribution in [-0.2, 0) is 27.6 Å². The van der Waals surface area contributed by atoms with E-state index >= 15 is 0 Å². The molecule has 8 heteroatoms. The van der Waals surface area contributed by atoms with Gasteiger partial charge in [-0.15, -0.1) is 0 Å². The van der Waals surface area contributed by atoms with Gasteiger partial charge in [0.25, 0.3) is 0 Å². The molecule has 1 aromatic heterocycles. The quantitative estimate of drug-likeness (QED) is 0.691. The zero-order valence-electron chi connectivity index (χ0n) is 12.6. The van der Waals surface area contributed by atoms with E-state index in [-0.39, 0.29) is 23.8 Å². The third-order valence-corrected chi connectivity index (χ3v) is 5.51. The van der Waals surface area contributed by atoms with Crippen LogP contribution in [0.4, 0.5) is 0 Å². The Labute approximate surface area is 129 Å². The number of aliphatic carboxylic acids is 1. The maximum atomic E-state index is 11.6. The Morgan fingerprint density at radius 3 is 2.67 bits per heavy atom. The van der Waals surface area contributed by atoms with Crippen molar-refractivity contribution >= 4 is 27.6 Å². The molecule has 21 heavy (non-hydrogen) atoms. The van der Waals surface area contributed by atoms with Crippen molar-refractivity contribution in [2.75, 3.05) is 17.3 Å². The monoisotopic (exact) mass is 334 g/mol. The van der Waals surface area contributed by atoms with Crippen molar-refractivity contribution in [3.8, 4) is 0 Å². The SMILES string of the molecule is CCS(=O)(=O)CCn1nc(CC(C)C)cc1SCC(=O)O. The summed E-state index contributed by atoms with van der Waals surface area (Å²) in [4.78, 5) is 10.7. The summed E-state index contributed by atoms with van der Waals surface area (Å²) in [6.45, 7) is 6.02. The highest BCUT2D eigenvalue weighted by molar-refractivity contribution is 7.99. The molecule has 6 nitrogen and oxygen atoms in total. The summed E-state index contributed by atoms with van der Waals surface area (Å²) in [5.41, 5.74) is 0.867. The number of carboxylic acids is 1. The molecule has 0 saturated heterocycles. The molecule has 0 bridgehead atoms. The molecule has 0 aliphatic heterocycles. The van der Waals surface area contributed by atoms with Crippen molar-refractivity contribution in [1.29, 1.82) is 0 Å². The second-order valence-corrected chi connectivity index (χ2v) is 8.68. The molecule has 0 amide bonds. The fourth-order valence-corrected chi connectivity index (χ4v) is 3.26. The number of sulfone groups is 1. The molecule has 1 heterocycles. The number of nitrogens with zero attached hydrogens (tertiary/aromatic N) is 2. The highest BCUT2D eigenvalue weighted by atomic mass is 32.2. The van der Waals surface area contributed by atoms with Gasteiger partial charge in [-0.2, -0.15) is 5.10 Å². The minimum atomic E-state index is -3.07. The molecule has 0 unspecified atom stereocenters. The van der Waals surface area contributed by atoms with E-state index in [1.807, 2.05) is 6.07 Å². The third-order valence-electron chi connectivity index (χ3n) is 2.81. The Hall–Kier alpha value is -1.02. The first-order valence-corrected chi connectivity index (χ1v) is 9.66. The van der Waals surface area contributed by atoms with Gasteiger partial charge in [0.2, 0.25) is 0 Å².